The Morgan fingerprint density at radius 3 is 2.29 bits per heavy atom. The minimum atomic E-state index is 0.802. The molecule has 1 nitrogen and oxygen atoms in total. The van der Waals surface area contributed by atoms with Gasteiger partial charge in [-0.3, -0.25) is 0 Å². The van der Waals surface area contributed by atoms with Crippen molar-refractivity contribution < 1.29 is 0 Å². The summed E-state index contributed by atoms with van der Waals surface area (Å²) in [6, 6.07) is 7.72. The molecule has 0 unspecified atom stereocenters. The van der Waals surface area contributed by atoms with Gasteiger partial charge in [-0.05, 0) is 51.0 Å². The predicted molar refractivity (Wildman–Crippen MR) is 91.5 cm³/mol. The Bertz CT molecular complexity index is 484. The van der Waals surface area contributed by atoms with Gasteiger partial charge in [0.25, 0.3) is 0 Å². The Balaban J connectivity index is 1.78. The lowest BCUT2D eigenvalue weighted by molar-refractivity contribution is 0.396. The third-order valence-electron chi connectivity index (χ3n) is 4.90. The molecule has 0 radical (unpaired) electrons. The SMILES string of the molecule is Cc1cc(C)cc(/C=C(/CNC2CC2)C2CCCCC2)c1. The van der Waals surface area contributed by atoms with Gasteiger partial charge in [0.05, 0.1) is 0 Å². The summed E-state index contributed by atoms with van der Waals surface area (Å²) in [5.41, 5.74) is 5.79. The number of hydrogen-bond acceptors (Lipinski definition) is 1. The van der Waals surface area contributed by atoms with Crippen molar-refractivity contribution >= 4 is 6.08 Å². The average molecular weight is 283 g/mol. The van der Waals surface area contributed by atoms with Crippen LogP contribution in [0.1, 0.15) is 61.6 Å². The Labute approximate surface area is 129 Å². The van der Waals surface area contributed by atoms with E-state index in [0.29, 0.717) is 0 Å². The molecule has 21 heavy (non-hydrogen) atoms. The van der Waals surface area contributed by atoms with Crippen molar-refractivity contribution in [1.29, 1.82) is 0 Å². The van der Waals surface area contributed by atoms with Crippen molar-refractivity contribution in [3.63, 3.8) is 0 Å². The molecule has 0 spiro atoms. The molecule has 2 fully saturated rings. The van der Waals surface area contributed by atoms with Gasteiger partial charge >= 0.3 is 0 Å². The molecule has 2 saturated carbocycles. The number of hydrogen-bond donors (Lipinski definition) is 1. The summed E-state index contributed by atoms with van der Waals surface area (Å²) in [5.74, 6) is 0.811. The zero-order chi connectivity index (χ0) is 14.7. The van der Waals surface area contributed by atoms with E-state index in [1.54, 1.807) is 5.57 Å². The molecule has 1 aromatic rings. The lowest BCUT2D eigenvalue weighted by atomic mass is 9.83. The van der Waals surface area contributed by atoms with E-state index >= 15 is 0 Å². The van der Waals surface area contributed by atoms with Crippen LogP contribution in [0.15, 0.2) is 23.8 Å². The minimum Gasteiger partial charge on any atom is -0.310 e. The molecule has 2 aliphatic rings. The summed E-state index contributed by atoms with van der Waals surface area (Å²) >= 11 is 0. The molecule has 1 heteroatoms. The first-order chi connectivity index (χ1) is 10.2. The van der Waals surface area contributed by atoms with Crippen LogP contribution in [0, 0.1) is 19.8 Å². The Hall–Kier alpha value is -1.08. The van der Waals surface area contributed by atoms with Crippen molar-refractivity contribution in [2.75, 3.05) is 6.54 Å². The molecule has 3 rings (SSSR count). The second-order valence-electron chi connectivity index (χ2n) is 7.13. The zero-order valence-electron chi connectivity index (χ0n) is 13.6. The Morgan fingerprint density at radius 1 is 1.00 bits per heavy atom. The fourth-order valence-electron chi connectivity index (χ4n) is 3.64. The standard InChI is InChI=1S/C20H29N/c1-15-10-16(2)12-17(11-15)13-19(14-21-20-8-9-20)18-6-4-3-5-7-18/h10-13,18,20-21H,3-9,14H2,1-2H3/b19-13-. The molecule has 0 aromatic heterocycles. The van der Waals surface area contributed by atoms with Gasteiger partial charge in [0.1, 0.15) is 0 Å². The smallest absolute Gasteiger partial charge is 0.0173 e. The molecular weight excluding hydrogens is 254 g/mol. The van der Waals surface area contributed by atoms with E-state index in [2.05, 4.69) is 43.4 Å². The molecule has 1 aromatic carbocycles. The average Bonchev–Trinajstić information content (AvgIpc) is 3.27. The molecule has 0 heterocycles. The van der Waals surface area contributed by atoms with E-state index in [1.807, 2.05) is 0 Å². The van der Waals surface area contributed by atoms with E-state index in [0.717, 1.165) is 18.5 Å². The van der Waals surface area contributed by atoms with E-state index in [4.69, 9.17) is 0 Å². The molecule has 0 aliphatic heterocycles. The van der Waals surface area contributed by atoms with E-state index in [9.17, 15) is 0 Å². The van der Waals surface area contributed by atoms with Gasteiger partial charge in [-0.15, -0.1) is 0 Å². The second kappa shape index (κ2) is 6.79. The fourth-order valence-corrected chi connectivity index (χ4v) is 3.64. The van der Waals surface area contributed by atoms with Crippen molar-refractivity contribution in [3.05, 3.63) is 40.5 Å². The molecule has 2 aliphatic carbocycles. The van der Waals surface area contributed by atoms with Crippen LogP contribution in [-0.4, -0.2) is 12.6 Å². The van der Waals surface area contributed by atoms with Crippen LogP contribution in [0.3, 0.4) is 0 Å². The summed E-state index contributed by atoms with van der Waals surface area (Å²) in [7, 11) is 0. The highest BCUT2D eigenvalue weighted by Crippen LogP contribution is 2.31. The fraction of sp³-hybridized carbons (Fsp3) is 0.600. The highest BCUT2D eigenvalue weighted by molar-refractivity contribution is 5.56. The minimum absolute atomic E-state index is 0.802. The topological polar surface area (TPSA) is 12.0 Å². The van der Waals surface area contributed by atoms with E-state index < -0.39 is 0 Å². The first-order valence-electron chi connectivity index (χ1n) is 8.73. The van der Waals surface area contributed by atoms with E-state index in [1.165, 1.54) is 61.6 Å². The van der Waals surface area contributed by atoms with Crippen molar-refractivity contribution in [1.82, 2.24) is 5.32 Å². The quantitative estimate of drug-likeness (QED) is 0.800. The highest BCUT2D eigenvalue weighted by Gasteiger charge is 2.23. The summed E-state index contributed by atoms with van der Waals surface area (Å²) in [6.45, 7) is 5.50. The third-order valence-corrected chi connectivity index (χ3v) is 4.90. The summed E-state index contributed by atoms with van der Waals surface area (Å²) in [6.07, 6.45) is 12.3. The van der Waals surface area contributed by atoms with Crippen molar-refractivity contribution in [2.45, 2.75) is 64.8 Å². The molecule has 0 bridgehead atoms. The number of nitrogens with one attached hydrogen (secondary N) is 1. The van der Waals surface area contributed by atoms with Gasteiger partial charge in [0.15, 0.2) is 0 Å². The summed E-state index contributed by atoms with van der Waals surface area (Å²) in [5, 5.41) is 3.74. The molecule has 0 atom stereocenters. The van der Waals surface area contributed by atoms with Crippen molar-refractivity contribution in [3.8, 4) is 0 Å². The van der Waals surface area contributed by atoms with Gasteiger partial charge in [-0.1, -0.05) is 60.2 Å². The maximum atomic E-state index is 3.74. The number of rotatable bonds is 5. The molecule has 114 valence electrons. The predicted octanol–water partition coefficient (Wildman–Crippen LogP) is 5.02. The van der Waals surface area contributed by atoms with Crippen LogP contribution in [0.25, 0.3) is 6.08 Å². The van der Waals surface area contributed by atoms with Crippen LogP contribution in [-0.2, 0) is 0 Å². The monoisotopic (exact) mass is 283 g/mol. The lowest BCUT2D eigenvalue weighted by Gasteiger charge is -2.25. The number of benzene rings is 1. The van der Waals surface area contributed by atoms with Crippen LogP contribution < -0.4 is 5.32 Å². The summed E-state index contributed by atoms with van der Waals surface area (Å²) in [4.78, 5) is 0. The van der Waals surface area contributed by atoms with Crippen LogP contribution in [0.2, 0.25) is 0 Å². The molecule has 1 N–H and O–H groups in total. The third kappa shape index (κ3) is 4.44. The van der Waals surface area contributed by atoms with Gasteiger partial charge in [0, 0.05) is 12.6 Å². The van der Waals surface area contributed by atoms with Crippen molar-refractivity contribution in [2.24, 2.45) is 5.92 Å². The lowest BCUT2D eigenvalue weighted by Crippen LogP contribution is -2.24. The largest absolute Gasteiger partial charge is 0.310 e. The summed E-state index contributed by atoms with van der Waals surface area (Å²) < 4.78 is 0. The van der Waals surface area contributed by atoms with E-state index in [-0.39, 0.29) is 0 Å². The van der Waals surface area contributed by atoms with Gasteiger partial charge < -0.3 is 5.32 Å². The highest BCUT2D eigenvalue weighted by atomic mass is 14.9. The number of aryl methyl sites for hydroxylation is 2. The first-order valence-corrected chi connectivity index (χ1v) is 8.73. The van der Waals surface area contributed by atoms with Gasteiger partial charge in [0.2, 0.25) is 0 Å². The maximum absolute atomic E-state index is 3.74. The van der Waals surface area contributed by atoms with Crippen LogP contribution in [0.4, 0.5) is 0 Å². The van der Waals surface area contributed by atoms with Crippen LogP contribution in [0.5, 0.6) is 0 Å². The molecule has 0 saturated heterocycles. The van der Waals surface area contributed by atoms with Crippen LogP contribution >= 0.6 is 0 Å². The Kier molecular flexibility index (Phi) is 4.80. The zero-order valence-corrected chi connectivity index (χ0v) is 13.6. The first kappa shape index (κ1) is 14.8. The maximum Gasteiger partial charge on any atom is 0.0173 e. The van der Waals surface area contributed by atoms with Gasteiger partial charge in [-0.2, -0.15) is 0 Å². The second-order valence-corrected chi connectivity index (χ2v) is 7.13. The Morgan fingerprint density at radius 2 is 1.67 bits per heavy atom. The molecular formula is C20H29N. The normalized spacial score (nSPS) is 20.8. The molecule has 0 amide bonds. The van der Waals surface area contributed by atoms with Gasteiger partial charge in [-0.25, -0.2) is 0 Å².